The molecule has 0 spiro atoms. The van der Waals surface area contributed by atoms with E-state index in [0.29, 0.717) is 28.7 Å². The topological polar surface area (TPSA) is 54.4 Å². The summed E-state index contributed by atoms with van der Waals surface area (Å²) in [5.74, 6) is 0.0771. The van der Waals surface area contributed by atoms with E-state index in [1.807, 2.05) is 6.08 Å². The van der Waals surface area contributed by atoms with Crippen molar-refractivity contribution in [1.29, 1.82) is 0 Å². The van der Waals surface area contributed by atoms with Crippen molar-refractivity contribution >= 4 is 11.6 Å². The van der Waals surface area contributed by atoms with Crippen LogP contribution in [0.5, 0.6) is 0 Å². The van der Waals surface area contributed by atoms with Crippen molar-refractivity contribution in [2.45, 2.75) is 65.7 Å². The van der Waals surface area contributed by atoms with Crippen LogP contribution in [-0.2, 0) is 9.59 Å². The summed E-state index contributed by atoms with van der Waals surface area (Å²) in [6.07, 6.45) is 15.0. The van der Waals surface area contributed by atoms with E-state index < -0.39 is 0 Å². The van der Waals surface area contributed by atoms with Crippen LogP contribution in [0.3, 0.4) is 0 Å². The fraction of sp³-hybridized carbons (Fsp3) is 0.524. The van der Waals surface area contributed by atoms with Gasteiger partial charge >= 0.3 is 0 Å². The van der Waals surface area contributed by atoms with Gasteiger partial charge in [-0.2, -0.15) is 0 Å². The number of hydrogen-bond acceptors (Lipinski definition) is 3. The zero-order valence-electron chi connectivity index (χ0n) is 15.2. The van der Waals surface area contributed by atoms with Crippen LogP contribution in [-0.4, -0.2) is 23.3 Å². The van der Waals surface area contributed by atoms with Crippen molar-refractivity contribution in [1.82, 2.24) is 0 Å². The summed E-state index contributed by atoms with van der Waals surface area (Å²) < 4.78 is 0. The molecule has 0 aliphatic heterocycles. The fourth-order valence-corrected chi connectivity index (χ4v) is 2.80. The number of carbonyl (C=O) groups excluding carboxylic acids is 2. The Labute approximate surface area is 145 Å². The van der Waals surface area contributed by atoms with Gasteiger partial charge in [0.2, 0.25) is 0 Å². The van der Waals surface area contributed by atoms with Gasteiger partial charge in [-0.15, -0.1) is 0 Å². The fourth-order valence-electron chi connectivity index (χ4n) is 2.80. The molecule has 1 aliphatic carbocycles. The van der Waals surface area contributed by atoms with Crippen molar-refractivity contribution in [3.05, 3.63) is 46.6 Å². The number of hydrogen-bond donors (Lipinski definition) is 1. The highest BCUT2D eigenvalue weighted by molar-refractivity contribution is 6.24. The highest BCUT2D eigenvalue weighted by atomic mass is 16.2. The van der Waals surface area contributed by atoms with Crippen LogP contribution in [0, 0.1) is 0 Å². The highest BCUT2D eigenvalue weighted by Gasteiger charge is 2.26. The van der Waals surface area contributed by atoms with Gasteiger partial charge in [0.25, 0.3) is 0 Å². The first kappa shape index (κ1) is 20.3. The van der Waals surface area contributed by atoms with Gasteiger partial charge in [0, 0.05) is 22.3 Å². The maximum absolute atomic E-state index is 12.3. The zero-order chi connectivity index (χ0) is 17.9. The number of rotatable bonds is 10. The summed E-state index contributed by atoms with van der Waals surface area (Å²) in [6.45, 7) is 5.38. The van der Waals surface area contributed by atoms with E-state index in [9.17, 15) is 9.59 Å². The largest absolute Gasteiger partial charge is 0.392 e. The molecule has 3 nitrogen and oxygen atoms in total. The van der Waals surface area contributed by atoms with E-state index in [4.69, 9.17) is 5.11 Å². The average molecular weight is 330 g/mol. The van der Waals surface area contributed by atoms with E-state index in [-0.39, 0.29) is 18.2 Å². The zero-order valence-corrected chi connectivity index (χ0v) is 15.2. The molecular weight excluding hydrogens is 300 g/mol. The molecule has 24 heavy (non-hydrogen) atoms. The van der Waals surface area contributed by atoms with Gasteiger partial charge in [-0.1, -0.05) is 24.3 Å². The minimum absolute atomic E-state index is 0.0252. The van der Waals surface area contributed by atoms with Gasteiger partial charge in [0.15, 0.2) is 11.6 Å². The Kier molecular flexibility index (Phi) is 9.24. The Morgan fingerprint density at radius 1 is 0.708 bits per heavy atom. The summed E-state index contributed by atoms with van der Waals surface area (Å²) in [7, 11) is 0. The molecule has 0 unspecified atom stereocenters. The average Bonchev–Trinajstić information content (AvgIpc) is 2.58. The molecule has 0 saturated heterocycles. The number of ketones is 2. The molecule has 0 atom stereocenters. The lowest BCUT2D eigenvalue weighted by Crippen LogP contribution is -2.20. The summed E-state index contributed by atoms with van der Waals surface area (Å²) in [5, 5.41) is 8.61. The molecule has 0 fully saturated rings. The summed E-state index contributed by atoms with van der Waals surface area (Å²) >= 11 is 0. The van der Waals surface area contributed by atoms with Crippen LogP contribution in [0.2, 0.25) is 0 Å². The van der Waals surface area contributed by atoms with E-state index in [2.05, 4.69) is 12.2 Å². The number of allylic oxidation sites excluding steroid dienone is 7. The second-order valence-electron chi connectivity index (χ2n) is 6.31. The Morgan fingerprint density at radius 2 is 1.25 bits per heavy atom. The Balaban J connectivity index is 2.27. The number of Topliss-reactive ketones (excluding diaryl/α,β-unsaturated/α-hetero) is 2. The summed E-state index contributed by atoms with van der Waals surface area (Å²) in [5.41, 5.74) is 2.55. The molecule has 132 valence electrons. The second kappa shape index (κ2) is 10.9. The van der Waals surface area contributed by atoms with Gasteiger partial charge in [-0.05, 0) is 65.7 Å². The van der Waals surface area contributed by atoms with Crippen LogP contribution in [0.4, 0.5) is 0 Å². The lowest BCUT2D eigenvalue weighted by atomic mass is 9.84. The molecule has 0 aromatic carbocycles. The maximum Gasteiger partial charge on any atom is 0.185 e. The second-order valence-corrected chi connectivity index (χ2v) is 6.31. The molecule has 0 radical (unpaired) electrons. The predicted molar refractivity (Wildman–Crippen MR) is 98.8 cm³/mol. The first-order valence-electron chi connectivity index (χ1n) is 8.88. The van der Waals surface area contributed by atoms with Crippen molar-refractivity contribution < 1.29 is 14.7 Å². The molecule has 0 aromatic heterocycles. The van der Waals surface area contributed by atoms with Crippen molar-refractivity contribution in [3.8, 4) is 0 Å². The summed E-state index contributed by atoms with van der Waals surface area (Å²) in [4.78, 5) is 24.4. The van der Waals surface area contributed by atoms with Crippen molar-refractivity contribution in [2.75, 3.05) is 6.61 Å². The Bertz CT molecular complexity index is 574. The first-order valence-corrected chi connectivity index (χ1v) is 8.88. The Morgan fingerprint density at radius 3 is 1.88 bits per heavy atom. The van der Waals surface area contributed by atoms with Gasteiger partial charge in [0.05, 0.1) is 6.61 Å². The third-order valence-corrected chi connectivity index (χ3v) is 4.54. The molecule has 1 aliphatic rings. The number of aliphatic hydroxyl groups excluding tert-OH is 1. The molecule has 1 N–H and O–H groups in total. The van der Waals surface area contributed by atoms with Gasteiger partial charge in [-0.3, -0.25) is 9.59 Å². The molecule has 0 saturated carbocycles. The smallest absolute Gasteiger partial charge is 0.185 e. The van der Waals surface area contributed by atoms with E-state index in [1.54, 1.807) is 26.8 Å². The highest BCUT2D eigenvalue weighted by Crippen LogP contribution is 2.27. The standard InChI is InChI=1S/C21H30O3/c1-16-17(2)21(24)19(18(3)20(16)23)14-12-10-8-6-4-5-7-9-11-13-15-22/h4,6,11,13,22H,5,7-10,12,14-15H2,1-3H3. The molecule has 0 heterocycles. The van der Waals surface area contributed by atoms with Crippen LogP contribution in [0.1, 0.15) is 65.7 Å². The Hall–Kier alpha value is -1.74. The van der Waals surface area contributed by atoms with Gasteiger partial charge in [0.1, 0.15) is 0 Å². The summed E-state index contributed by atoms with van der Waals surface area (Å²) in [6, 6.07) is 0. The van der Waals surface area contributed by atoms with Gasteiger partial charge < -0.3 is 5.11 Å². The lowest BCUT2D eigenvalue weighted by Gasteiger charge is -2.18. The van der Waals surface area contributed by atoms with Gasteiger partial charge in [-0.25, -0.2) is 0 Å². The van der Waals surface area contributed by atoms with E-state index in [0.717, 1.165) is 38.5 Å². The molecular formula is C21H30O3. The quantitative estimate of drug-likeness (QED) is 0.361. The van der Waals surface area contributed by atoms with Crippen LogP contribution in [0.25, 0.3) is 0 Å². The third-order valence-electron chi connectivity index (χ3n) is 4.54. The molecule has 1 rings (SSSR count). The van der Waals surface area contributed by atoms with Crippen LogP contribution in [0.15, 0.2) is 46.6 Å². The van der Waals surface area contributed by atoms with E-state index >= 15 is 0 Å². The third kappa shape index (κ3) is 6.04. The van der Waals surface area contributed by atoms with Crippen LogP contribution >= 0.6 is 0 Å². The van der Waals surface area contributed by atoms with Crippen molar-refractivity contribution in [2.24, 2.45) is 0 Å². The molecule has 0 amide bonds. The molecule has 0 aromatic rings. The van der Waals surface area contributed by atoms with E-state index in [1.165, 1.54) is 0 Å². The molecule has 3 heteroatoms. The first-order chi connectivity index (χ1) is 11.5. The SMILES string of the molecule is CC1=C(C)C(=O)C(CCCCC=CCCCC=CCO)=C(C)C1=O. The lowest BCUT2D eigenvalue weighted by molar-refractivity contribution is -0.116. The normalized spacial score (nSPS) is 16.3. The number of carbonyl (C=O) groups is 2. The van der Waals surface area contributed by atoms with Crippen molar-refractivity contribution in [3.63, 3.8) is 0 Å². The minimum atomic E-state index is 0.0252. The van der Waals surface area contributed by atoms with Crippen LogP contribution < -0.4 is 0 Å². The predicted octanol–water partition coefficient (Wildman–Crippen LogP) is 4.63. The maximum atomic E-state index is 12.3. The monoisotopic (exact) mass is 330 g/mol. The number of aliphatic hydroxyl groups is 1. The minimum Gasteiger partial charge on any atom is -0.392 e. The number of unbranched alkanes of at least 4 members (excludes halogenated alkanes) is 4. The molecule has 0 bridgehead atoms.